The molecule has 0 amide bonds. The summed E-state index contributed by atoms with van der Waals surface area (Å²) in [5, 5.41) is 1.80. The Labute approximate surface area is 131 Å². The summed E-state index contributed by atoms with van der Waals surface area (Å²) in [6.45, 7) is 12.4. The SMILES string of the molecule is C=CSC=NC(=C)C(CCCCCC)CCCCCC. The monoisotopic (exact) mass is 295 g/mol. The summed E-state index contributed by atoms with van der Waals surface area (Å²) in [5.41, 5.74) is 2.92. The van der Waals surface area contributed by atoms with E-state index in [0.717, 1.165) is 5.70 Å². The Morgan fingerprint density at radius 1 is 1.00 bits per heavy atom. The van der Waals surface area contributed by atoms with E-state index in [1.165, 1.54) is 76.0 Å². The van der Waals surface area contributed by atoms with Crippen LogP contribution in [0.3, 0.4) is 0 Å². The van der Waals surface area contributed by atoms with Crippen molar-refractivity contribution in [1.82, 2.24) is 0 Å². The first-order valence-electron chi connectivity index (χ1n) is 8.23. The number of hydrogen-bond donors (Lipinski definition) is 0. The lowest BCUT2D eigenvalue weighted by molar-refractivity contribution is 0.453. The quantitative estimate of drug-likeness (QED) is 0.192. The number of thioether (sulfide) groups is 1. The first-order chi connectivity index (χ1) is 9.76. The number of hydrogen-bond acceptors (Lipinski definition) is 2. The highest BCUT2D eigenvalue weighted by molar-refractivity contribution is 8.14. The van der Waals surface area contributed by atoms with Gasteiger partial charge in [-0.05, 0) is 18.2 Å². The van der Waals surface area contributed by atoms with Crippen LogP contribution in [0.5, 0.6) is 0 Å². The molecule has 0 aromatic rings. The lowest BCUT2D eigenvalue weighted by Crippen LogP contribution is -2.03. The topological polar surface area (TPSA) is 12.4 Å². The van der Waals surface area contributed by atoms with Gasteiger partial charge in [-0.25, -0.2) is 0 Å². The Kier molecular flexibility index (Phi) is 14.5. The van der Waals surface area contributed by atoms with Gasteiger partial charge in [-0.15, -0.1) is 0 Å². The zero-order valence-electron chi connectivity index (χ0n) is 13.6. The molecule has 0 aromatic carbocycles. The molecule has 0 aliphatic carbocycles. The molecular weight excluding hydrogens is 262 g/mol. The Bertz CT molecular complexity index is 259. The maximum Gasteiger partial charge on any atom is 0.0641 e. The zero-order valence-corrected chi connectivity index (χ0v) is 14.4. The number of aliphatic imine (C=N–C) groups is 1. The molecule has 0 fully saturated rings. The molecule has 0 saturated carbocycles. The van der Waals surface area contributed by atoms with Gasteiger partial charge in [0.2, 0.25) is 0 Å². The van der Waals surface area contributed by atoms with E-state index in [2.05, 4.69) is 32.0 Å². The molecule has 116 valence electrons. The maximum absolute atomic E-state index is 4.48. The lowest BCUT2D eigenvalue weighted by Gasteiger charge is -2.16. The van der Waals surface area contributed by atoms with Crippen LogP contribution in [0, 0.1) is 5.92 Å². The molecule has 0 saturated heterocycles. The highest BCUT2D eigenvalue weighted by Crippen LogP contribution is 2.25. The minimum Gasteiger partial charge on any atom is -0.254 e. The Balaban J connectivity index is 4.14. The van der Waals surface area contributed by atoms with Crippen LogP contribution in [-0.4, -0.2) is 5.55 Å². The van der Waals surface area contributed by atoms with Crippen molar-refractivity contribution >= 4 is 17.3 Å². The van der Waals surface area contributed by atoms with Gasteiger partial charge in [-0.2, -0.15) is 0 Å². The summed E-state index contributed by atoms with van der Waals surface area (Å²) < 4.78 is 0. The van der Waals surface area contributed by atoms with Gasteiger partial charge in [0.05, 0.1) is 5.55 Å². The molecule has 0 heterocycles. The fraction of sp³-hybridized carbons (Fsp3) is 0.722. The van der Waals surface area contributed by atoms with Crippen molar-refractivity contribution in [1.29, 1.82) is 0 Å². The number of rotatable bonds is 14. The third-order valence-corrected chi connectivity index (χ3v) is 4.08. The predicted octanol–water partition coefficient (Wildman–Crippen LogP) is 6.96. The van der Waals surface area contributed by atoms with E-state index in [4.69, 9.17) is 0 Å². The van der Waals surface area contributed by atoms with E-state index < -0.39 is 0 Å². The number of nitrogens with zero attached hydrogens (tertiary/aromatic N) is 1. The van der Waals surface area contributed by atoms with Gasteiger partial charge in [0.1, 0.15) is 0 Å². The normalized spacial score (nSPS) is 11.3. The summed E-state index contributed by atoms with van der Waals surface area (Å²) in [6, 6.07) is 0. The van der Waals surface area contributed by atoms with Crippen LogP contribution < -0.4 is 0 Å². The molecule has 1 nitrogen and oxygen atoms in total. The highest BCUT2D eigenvalue weighted by atomic mass is 32.2. The molecule has 2 heteroatoms. The summed E-state index contributed by atoms with van der Waals surface area (Å²) in [7, 11) is 0. The predicted molar refractivity (Wildman–Crippen MR) is 96.4 cm³/mol. The molecular formula is C18H33NS. The van der Waals surface area contributed by atoms with E-state index in [-0.39, 0.29) is 0 Å². The van der Waals surface area contributed by atoms with Gasteiger partial charge in [0.25, 0.3) is 0 Å². The van der Waals surface area contributed by atoms with E-state index in [9.17, 15) is 0 Å². The summed E-state index contributed by atoms with van der Waals surface area (Å²) in [5.74, 6) is 0.574. The number of allylic oxidation sites excluding steroid dienone is 1. The third-order valence-electron chi connectivity index (χ3n) is 3.66. The third kappa shape index (κ3) is 11.3. The number of unbranched alkanes of at least 4 members (excludes halogenated alkanes) is 6. The van der Waals surface area contributed by atoms with Crippen molar-refractivity contribution in [3.05, 3.63) is 24.3 Å². The van der Waals surface area contributed by atoms with Gasteiger partial charge in [-0.1, -0.05) is 90.1 Å². The largest absolute Gasteiger partial charge is 0.254 e. The van der Waals surface area contributed by atoms with E-state index >= 15 is 0 Å². The summed E-state index contributed by atoms with van der Waals surface area (Å²) in [6.07, 6.45) is 13.1. The van der Waals surface area contributed by atoms with Crippen molar-refractivity contribution in [2.45, 2.75) is 78.1 Å². The molecule has 0 N–H and O–H groups in total. The zero-order chi connectivity index (χ0) is 15.1. The fourth-order valence-electron chi connectivity index (χ4n) is 2.36. The van der Waals surface area contributed by atoms with E-state index in [1.807, 2.05) is 5.55 Å². The molecule has 0 bridgehead atoms. The van der Waals surface area contributed by atoms with Gasteiger partial charge >= 0.3 is 0 Å². The standard InChI is InChI=1S/C18H33NS/c1-5-8-10-12-14-18(15-13-11-9-6-2)17(4)19-16-20-7-3/h7,16,18H,3-6,8-15H2,1-2H3. The second-order valence-corrected chi connectivity index (χ2v) is 6.24. The highest BCUT2D eigenvalue weighted by Gasteiger charge is 2.11. The van der Waals surface area contributed by atoms with Gasteiger partial charge in [0, 0.05) is 11.6 Å². The summed E-state index contributed by atoms with van der Waals surface area (Å²) >= 11 is 1.53. The van der Waals surface area contributed by atoms with Crippen LogP contribution in [0.2, 0.25) is 0 Å². The average Bonchev–Trinajstić information content (AvgIpc) is 2.45. The van der Waals surface area contributed by atoms with Crippen molar-refractivity contribution in [3.8, 4) is 0 Å². The molecule has 0 unspecified atom stereocenters. The smallest absolute Gasteiger partial charge is 0.0641 e. The van der Waals surface area contributed by atoms with Crippen LogP contribution in [0.4, 0.5) is 0 Å². The van der Waals surface area contributed by atoms with Crippen LogP contribution >= 0.6 is 11.8 Å². The molecule has 0 aliphatic heterocycles. The molecule has 0 atom stereocenters. The summed E-state index contributed by atoms with van der Waals surface area (Å²) in [4.78, 5) is 4.48. The van der Waals surface area contributed by atoms with Crippen molar-refractivity contribution < 1.29 is 0 Å². The average molecular weight is 296 g/mol. The molecule has 0 spiro atoms. The first-order valence-corrected chi connectivity index (χ1v) is 9.18. The second kappa shape index (κ2) is 14.9. The Hall–Kier alpha value is -0.500. The molecule has 20 heavy (non-hydrogen) atoms. The van der Waals surface area contributed by atoms with Crippen molar-refractivity contribution in [2.24, 2.45) is 10.9 Å². The van der Waals surface area contributed by atoms with Crippen molar-refractivity contribution in [2.75, 3.05) is 0 Å². The van der Waals surface area contributed by atoms with Crippen LogP contribution in [0.25, 0.3) is 0 Å². The van der Waals surface area contributed by atoms with E-state index in [0.29, 0.717) is 5.92 Å². The van der Waals surface area contributed by atoms with Crippen LogP contribution in [0.15, 0.2) is 29.3 Å². The second-order valence-electron chi connectivity index (χ2n) is 5.42. The molecule has 0 radical (unpaired) electrons. The van der Waals surface area contributed by atoms with Gasteiger partial charge in [0.15, 0.2) is 0 Å². The lowest BCUT2D eigenvalue weighted by atomic mass is 9.92. The molecule has 0 aromatic heterocycles. The minimum absolute atomic E-state index is 0.574. The minimum atomic E-state index is 0.574. The van der Waals surface area contributed by atoms with Crippen LogP contribution in [-0.2, 0) is 0 Å². The Morgan fingerprint density at radius 3 is 2.00 bits per heavy atom. The molecule has 0 rings (SSSR count). The van der Waals surface area contributed by atoms with Gasteiger partial charge in [-0.3, -0.25) is 4.99 Å². The van der Waals surface area contributed by atoms with Crippen LogP contribution in [0.1, 0.15) is 78.1 Å². The fourth-order valence-corrected chi connectivity index (χ4v) is 2.64. The van der Waals surface area contributed by atoms with Crippen molar-refractivity contribution in [3.63, 3.8) is 0 Å². The van der Waals surface area contributed by atoms with E-state index in [1.54, 1.807) is 5.41 Å². The Morgan fingerprint density at radius 2 is 1.55 bits per heavy atom. The molecule has 0 aliphatic rings. The van der Waals surface area contributed by atoms with Gasteiger partial charge < -0.3 is 0 Å². The maximum atomic E-state index is 4.48. The first kappa shape index (κ1) is 19.5.